The monoisotopic (exact) mass is 466 g/mol. The maximum Gasteiger partial charge on any atom is 0.376 e. The average molecular weight is 467 g/mol. The highest BCUT2D eigenvalue weighted by atomic mass is 32.1. The Morgan fingerprint density at radius 1 is 1.24 bits per heavy atom. The molecule has 10 nitrogen and oxygen atoms in total. The van der Waals surface area contributed by atoms with Gasteiger partial charge >= 0.3 is 5.82 Å². The number of hydrogen-bond acceptors (Lipinski definition) is 9. The van der Waals surface area contributed by atoms with Crippen molar-refractivity contribution in [2.45, 2.75) is 19.3 Å². The van der Waals surface area contributed by atoms with Crippen LogP contribution in [0.3, 0.4) is 0 Å². The number of aliphatic hydroxyl groups is 1. The fraction of sp³-hybridized carbons (Fsp3) is 0.364. The first kappa shape index (κ1) is 21.4. The first-order chi connectivity index (χ1) is 16.0. The third kappa shape index (κ3) is 4.05. The number of pyridine rings is 2. The standard InChI is InChI=1S/C22H22N6O4S/c29-13-14-3-2-9-26(12-14)18-6-5-16(20(25-18)28(31)32)21-24-17-7-10-27(22(30)19(17)33-21)15-4-1-8-23-11-15/h1,4-6,8,11,14,29H,2-3,7,9-10,12-13H2. The van der Waals surface area contributed by atoms with E-state index in [0.29, 0.717) is 52.2 Å². The number of hydrogen-bond donors (Lipinski definition) is 1. The number of carbonyl (C=O) groups excluding carboxylic acids is 1. The maximum absolute atomic E-state index is 13.1. The molecule has 0 bridgehead atoms. The summed E-state index contributed by atoms with van der Waals surface area (Å²) in [7, 11) is 0. The normalized spacial score (nSPS) is 18.3. The quantitative estimate of drug-likeness (QED) is 0.449. The second-order valence-corrected chi connectivity index (χ2v) is 9.15. The predicted molar refractivity (Wildman–Crippen MR) is 124 cm³/mol. The summed E-state index contributed by atoms with van der Waals surface area (Å²) < 4.78 is 0. The van der Waals surface area contributed by atoms with Gasteiger partial charge in [-0.15, -0.1) is 11.3 Å². The molecule has 5 rings (SSSR count). The highest BCUT2D eigenvalue weighted by molar-refractivity contribution is 7.17. The zero-order chi connectivity index (χ0) is 22.9. The van der Waals surface area contributed by atoms with Crippen molar-refractivity contribution in [1.82, 2.24) is 15.0 Å². The van der Waals surface area contributed by atoms with Crippen LogP contribution in [-0.4, -0.2) is 57.1 Å². The molecule has 0 saturated carbocycles. The van der Waals surface area contributed by atoms with Gasteiger partial charge in [0.1, 0.15) is 15.4 Å². The van der Waals surface area contributed by atoms with E-state index in [1.54, 1.807) is 35.5 Å². The molecule has 1 fully saturated rings. The Balaban J connectivity index is 1.47. The molecule has 0 aromatic carbocycles. The summed E-state index contributed by atoms with van der Waals surface area (Å²) in [6.07, 6.45) is 5.68. The van der Waals surface area contributed by atoms with Gasteiger partial charge in [-0.25, -0.2) is 4.98 Å². The molecule has 1 amide bonds. The Labute approximate surface area is 193 Å². The van der Waals surface area contributed by atoms with E-state index in [4.69, 9.17) is 0 Å². The molecular weight excluding hydrogens is 444 g/mol. The molecule has 0 radical (unpaired) electrons. The van der Waals surface area contributed by atoms with E-state index in [1.807, 2.05) is 11.0 Å². The molecule has 0 spiro atoms. The van der Waals surface area contributed by atoms with Gasteiger partial charge in [-0.1, -0.05) is 0 Å². The van der Waals surface area contributed by atoms with E-state index in [9.17, 15) is 20.0 Å². The summed E-state index contributed by atoms with van der Waals surface area (Å²) in [6, 6.07) is 7.02. The Bertz CT molecular complexity index is 1200. The maximum atomic E-state index is 13.1. The third-order valence-corrected chi connectivity index (χ3v) is 7.15. The average Bonchev–Trinajstić information content (AvgIpc) is 3.29. The number of anilines is 2. The Kier molecular flexibility index (Phi) is 5.73. The number of rotatable bonds is 5. The highest BCUT2D eigenvalue weighted by Crippen LogP contribution is 2.37. The van der Waals surface area contributed by atoms with Gasteiger partial charge in [0.15, 0.2) is 0 Å². The number of fused-ring (bicyclic) bond motifs is 1. The number of carbonyl (C=O) groups is 1. The lowest BCUT2D eigenvalue weighted by atomic mass is 9.99. The van der Waals surface area contributed by atoms with Crippen LogP contribution in [0.15, 0.2) is 36.7 Å². The number of aliphatic hydroxyl groups excluding tert-OH is 1. The molecule has 2 aliphatic rings. The van der Waals surface area contributed by atoms with Crippen LogP contribution in [0.5, 0.6) is 0 Å². The lowest BCUT2D eigenvalue weighted by Gasteiger charge is -2.30. The Morgan fingerprint density at radius 3 is 2.88 bits per heavy atom. The van der Waals surface area contributed by atoms with Crippen molar-refractivity contribution in [3.8, 4) is 10.6 Å². The van der Waals surface area contributed by atoms with Crippen molar-refractivity contribution >= 4 is 34.6 Å². The van der Waals surface area contributed by atoms with E-state index in [1.165, 1.54) is 0 Å². The molecule has 170 valence electrons. The molecule has 33 heavy (non-hydrogen) atoms. The summed E-state index contributed by atoms with van der Waals surface area (Å²) in [4.78, 5) is 41.6. The van der Waals surface area contributed by atoms with Gasteiger partial charge in [0.2, 0.25) is 5.82 Å². The van der Waals surface area contributed by atoms with Crippen LogP contribution in [0.2, 0.25) is 0 Å². The molecule has 1 N–H and O–H groups in total. The zero-order valence-electron chi connectivity index (χ0n) is 17.8. The summed E-state index contributed by atoms with van der Waals surface area (Å²) >= 11 is 1.16. The Morgan fingerprint density at radius 2 is 2.12 bits per heavy atom. The minimum atomic E-state index is -0.504. The van der Waals surface area contributed by atoms with Crippen LogP contribution in [-0.2, 0) is 6.42 Å². The number of aromatic nitrogens is 3. The van der Waals surface area contributed by atoms with Crippen molar-refractivity contribution in [3.63, 3.8) is 0 Å². The molecule has 0 aliphatic carbocycles. The van der Waals surface area contributed by atoms with Crippen molar-refractivity contribution in [1.29, 1.82) is 0 Å². The second kappa shape index (κ2) is 8.83. The van der Waals surface area contributed by atoms with Gasteiger partial charge in [0, 0.05) is 44.9 Å². The summed E-state index contributed by atoms with van der Waals surface area (Å²) in [5, 5.41) is 21.8. The molecular formula is C22H22N6O4S. The van der Waals surface area contributed by atoms with Crippen LogP contribution >= 0.6 is 11.3 Å². The lowest BCUT2D eigenvalue weighted by Crippen LogP contribution is -2.37. The van der Waals surface area contributed by atoms with E-state index in [-0.39, 0.29) is 24.2 Å². The number of amides is 1. The van der Waals surface area contributed by atoms with Crippen molar-refractivity contribution in [2.75, 3.05) is 36.0 Å². The van der Waals surface area contributed by atoms with E-state index in [0.717, 1.165) is 30.7 Å². The summed E-state index contributed by atoms with van der Waals surface area (Å²) in [5.74, 6) is 0.201. The fourth-order valence-electron chi connectivity index (χ4n) is 4.35. The van der Waals surface area contributed by atoms with E-state index in [2.05, 4.69) is 15.0 Å². The van der Waals surface area contributed by atoms with Crippen molar-refractivity contribution in [3.05, 3.63) is 57.3 Å². The minimum absolute atomic E-state index is 0.0887. The fourth-order valence-corrected chi connectivity index (χ4v) is 5.43. The first-order valence-electron chi connectivity index (χ1n) is 10.8. The van der Waals surface area contributed by atoms with Gasteiger partial charge in [-0.2, -0.15) is 0 Å². The number of nitrogens with zero attached hydrogens (tertiary/aromatic N) is 6. The van der Waals surface area contributed by atoms with Crippen LogP contribution < -0.4 is 9.80 Å². The molecule has 11 heteroatoms. The van der Waals surface area contributed by atoms with Crippen LogP contribution in [0.25, 0.3) is 10.6 Å². The summed E-state index contributed by atoms with van der Waals surface area (Å²) in [6.45, 7) is 1.92. The van der Waals surface area contributed by atoms with Gasteiger partial charge in [-0.3, -0.25) is 9.78 Å². The largest absolute Gasteiger partial charge is 0.396 e. The minimum Gasteiger partial charge on any atom is -0.396 e. The predicted octanol–water partition coefficient (Wildman–Crippen LogP) is 2.92. The number of nitro groups is 1. The molecule has 3 aromatic heterocycles. The third-order valence-electron chi connectivity index (χ3n) is 6.03. The van der Waals surface area contributed by atoms with Crippen LogP contribution in [0.4, 0.5) is 17.3 Å². The molecule has 1 atom stereocenters. The van der Waals surface area contributed by atoms with Gasteiger partial charge in [-0.05, 0) is 46.9 Å². The van der Waals surface area contributed by atoms with E-state index < -0.39 is 4.92 Å². The SMILES string of the molecule is O=C1c2sc(-c3ccc(N4CCCC(CO)C4)nc3[N+](=O)[O-])nc2CCN1c1cccnc1. The lowest BCUT2D eigenvalue weighted by molar-refractivity contribution is -0.388. The van der Waals surface area contributed by atoms with Crippen molar-refractivity contribution < 1.29 is 14.8 Å². The second-order valence-electron chi connectivity index (χ2n) is 8.15. The Hall–Kier alpha value is -3.44. The van der Waals surface area contributed by atoms with Gasteiger partial charge < -0.3 is 25.0 Å². The molecule has 2 aliphatic heterocycles. The van der Waals surface area contributed by atoms with Crippen LogP contribution in [0.1, 0.15) is 28.2 Å². The van der Waals surface area contributed by atoms with Gasteiger partial charge in [0.25, 0.3) is 5.91 Å². The molecule has 1 saturated heterocycles. The summed E-state index contributed by atoms with van der Waals surface area (Å²) in [5.41, 5.74) is 1.67. The smallest absolute Gasteiger partial charge is 0.376 e. The zero-order valence-corrected chi connectivity index (χ0v) is 18.6. The first-order valence-corrected chi connectivity index (χ1v) is 11.6. The number of thiazole rings is 1. The number of piperidine rings is 1. The topological polar surface area (TPSA) is 126 Å². The highest BCUT2D eigenvalue weighted by Gasteiger charge is 2.32. The van der Waals surface area contributed by atoms with E-state index >= 15 is 0 Å². The molecule has 1 unspecified atom stereocenters. The van der Waals surface area contributed by atoms with Gasteiger partial charge in [0.05, 0.1) is 17.6 Å². The van der Waals surface area contributed by atoms with Crippen LogP contribution in [0, 0.1) is 16.0 Å². The molecule has 3 aromatic rings. The van der Waals surface area contributed by atoms with Crippen molar-refractivity contribution in [2.24, 2.45) is 5.92 Å². The molecule has 5 heterocycles.